The Morgan fingerprint density at radius 3 is 2.67 bits per heavy atom. The largest absolute Gasteiger partial charge is 0.496 e. The molecule has 0 aliphatic carbocycles. The number of ether oxygens (including phenoxy) is 1. The molecule has 0 fully saturated rings. The maximum atomic E-state index is 11.5. The number of carbonyl (C=O) groups is 1. The minimum atomic E-state index is 0.0237. The highest BCUT2D eigenvalue weighted by molar-refractivity contribution is 6.30. The number of likely N-dealkylation sites (N-methyl/N-ethyl adjacent to an activating group) is 1. The van der Waals surface area contributed by atoms with Crippen LogP contribution in [-0.2, 0) is 11.2 Å². The molecule has 0 N–H and O–H groups in total. The van der Waals surface area contributed by atoms with Gasteiger partial charge < -0.3 is 9.64 Å². The first-order valence-corrected chi connectivity index (χ1v) is 4.95. The highest BCUT2D eigenvalue weighted by Gasteiger charge is 2.10. The van der Waals surface area contributed by atoms with E-state index >= 15 is 0 Å². The Morgan fingerprint density at radius 1 is 1.47 bits per heavy atom. The van der Waals surface area contributed by atoms with Crippen molar-refractivity contribution in [1.29, 1.82) is 0 Å². The van der Waals surface area contributed by atoms with Crippen LogP contribution in [0.2, 0.25) is 5.02 Å². The van der Waals surface area contributed by atoms with Gasteiger partial charge in [0.2, 0.25) is 5.91 Å². The maximum Gasteiger partial charge on any atom is 0.226 e. The van der Waals surface area contributed by atoms with E-state index in [1.165, 1.54) is 0 Å². The lowest BCUT2D eigenvalue weighted by Crippen LogP contribution is -2.23. The lowest BCUT2D eigenvalue weighted by atomic mass is 10.1. The summed E-state index contributed by atoms with van der Waals surface area (Å²) in [5.74, 6) is 0.713. The average Bonchev–Trinajstić information content (AvgIpc) is 2.18. The number of rotatable bonds is 3. The summed E-state index contributed by atoms with van der Waals surface area (Å²) in [5, 5.41) is 0.609. The Kier molecular flexibility index (Phi) is 3.97. The van der Waals surface area contributed by atoms with Crippen LogP contribution in [0.5, 0.6) is 5.75 Å². The first-order valence-electron chi connectivity index (χ1n) is 4.57. The van der Waals surface area contributed by atoms with Gasteiger partial charge in [0, 0.05) is 24.7 Å². The van der Waals surface area contributed by atoms with Gasteiger partial charge >= 0.3 is 0 Å². The molecule has 0 atom stereocenters. The molecule has 0 aromatic heterocycles. The van der Waals surface area contributed by atoms with Crippen molar-refractivity contribution in [2.75, 3.05) is 21.2 Å². The van der Waals surface area contributed by atoms with Crippen molar-refractivity contribution >= 4 is 17.5 Å². The van der Waals surface area contributed by atoms with Gasteiger partial charge in [-0.05, 0) is 18.2 Å². The minimum absolute atomic E-state index is 0.0237. The van der Waals surface area contributed by atoms with Crippen LogP contribution >= 0.6 is 11.6 Å². The van der Waals surface area contributed by atoms with Crippen molar-refractivity contribution in [3.05, 3.63) is 28.8 Å². The third-order valence-corrected chi connectivity index (χ3v) is 2.32. The second-order valence-electron chi connectivity index (χ2n) is 3.42. The molecular formula is C11H14ClNO2. The number of carbonyl (C=O) groups excluding carboxylic acids is 1. The van der Waals surface area contributed by atoms with Crippen molar-refractivity contribution in [2.24, 2.45) is 0 Å². The van der Waals surface area contributed by atoms with E-state index in [-0.39, 0.29) is 5.91 Å². The Bertz CT molecular complexity index is 364. The van der Waals surface area contributed by atoms with E-state index in [0.29, 0.717) is 17.2 Å². The molecule has 1 aromatic carbocycles. The number of halogens is 1. The predicted octanol–water partition coefficient (Wildman–Crippen LogP) is 1.98. The summed E-state index contributed by atoms with van der Waals surface area (Å²) in [4.78, 5) is 13.1. The molecule has 1 aromatic rings. The monoisotopic (exact) mass is 227 g/mol. The summed E-state index contributed by atoms with van der Waals surface area (Å²) >= 11 is 5.86. The zero-order valence-corrected chi connectivity index (χ0v) is 9.84. The SMILES string of the molecule is COc1ccc(Cl)cc1CC(=O)N(C)C. The van der Waals surface area contributed by atoms with E-state index in [1.54, 1.807) is 44.3 Å². The minimum Gasteiger partial charge on any atom is -0.496 e. The molecule has 0 saturated carbocycles. The van der Waals surface area contributed by atoms with Crippen LogP contribution in [0.25, 0.3) is 0 Å². The third-order valence-electron chi connectivity index (χ3n) is 2.08. The smallest absolute Gasteiger partial charge is 0.226 e. The van der Waals surface area contributed by atoms with E-state index in [9.17, 15) is 4.79 Å². The van der Waals surface area contributed by atoms with Gasteiger partial charge in [-0.3, -0.25) is 4.79 Å². The van der Waals surface area contributed by atoms with Crippen molar-refractivity contribution in [3.8, 4) is 5.75 Å². The molecule has 3 nitrogen and oxygen atoms in total. The quantitative estimate of drug-likeness (QED) is 0.790. The van der Waals surface area contributed by atoms with Gasteiger partial charge in [0.1, 0.15) is 5.75 Å². The van der Waals surface area contributed by atoms with Crippen LogP contribution in [0.1, 0.15) is 5.56 Å². The number of methoxy groups -OCH3 is 1. The van der Waals surface area contributed by atoms with Crippen molar-refractivity contribution < 1.29 is 9.53 Å². The Morgan fingerprint density at radius 2 is 2.13 bits per heavy atom. The second kappa shape index (κ2) is 5.03. The Hall–Kier alpha value is -1.22. The highest BCUT2D eigenvalue weighted by atomic mass is 35.5. The first-order chi connectivity index (χ1) is 7.04. The van der Waals surface area contributed by atoms with Gasteiger partial charge in [0.15, 0.2) is 0 Å². The summed E-state index contributed by atoms with van der Waals surface area (Å²) in [6, 6.07) is 5.26. The molecule has 15 heavy (non-hydrogen) atoms. The van der Waals surface area contributed by atoms with E-state index in [0.717, 1.165) is 5.56 Å². The van der Waals surface area contributed by atoms with Gasteiger partial charge in [-0.2, -0.15) is 0 Å². The first kappa shape index (κ1) is 11.9. The molecule has 0 aliphatic rings. The molecule has 0 saturated heterocycles. The fourth-order valence-electron chi connectivity index (χ4n) is 1.21. The molecule has 82 valence electrons. The molecule has 4 heteroatoms. The lowest BCUT2D eigenvalue weighted by Gasteiger charge is -2.12. The van der Waals surface area contributed by atoms with Gasteiger partial charge in [0.25, 0.3) is 0 Å². The summed E-state index contributed by atoms with van der Waals surface area (Å²) in [6.07, 6.45) is 0.302. The van der Waals surface area contributed by atoms with Crippen LogP contribution in [0, 0.1) is 0 Å². The van der Waals surface area contributed by atoms with Crippen LogP contribution in [0.3, 0.4) is 0 Å². The standard InChI is InChI=1S/C11H14ClNO2/c1-13(2)11(14)7-8-6-9(12)4-5-10(8)15-3/h4-6H,7H2,1-3H3. The number of hydrogen-bond acceptors (Lipinski definition) is 2. The van der Waals surface area contributed by atoms with Gasteiger partial charge in [-0.15, -0.1) is 0 Å². The maximum absolute atomic E-state index is 11.5. The molecule has 1 rings (SSSR count). The topological polar surface area (TPSA) is 29.5 Å². The second-order valence-corrected chi connectivity index (χ2v) is 3.86. The summed E-state index contributed by atoms with van der Waals surface area (Å²) < 4.78 is 5.15. The number of amides is 1. The van der Waals surface area contributed by atoms with Gasteiger partial charge in [-0.25, -0.2) is 0 Å². The number of nitrogens with zero attached hydrogens (tertiary/aromatic N) is 1. The van der Waals surface area contributed by atoms with Gasteiger partial charge in [0.05, 0.1) is 13.5 Å². The van der Waals surface area contributed by atoms with E-state index < -0.39 is 0 Å². The number of benzene rings is 1. The zero-order chi connectivity index (χ0) is 11.4. The molecule has 0 heterocycles. The normalized spacial score (nSPS) is 9.87. The highest BCUT2D eigenvalue weighted by Crippen LogP contribution is 2.23. The summed E-state index contributed by atoms with van der Waals surface area (Å²) in [7, 11) is 5.02. The summed E-state index contributed by atoms with van der Waals surface area (Å²) in [5.41, 5.74) is 0.809. The van der Waals surface area contributed by atoms with E-state index in [4.69, 9.17) is 16.3 Å². The van der Waals surface area contributed by atoms with Crippen LogP contribution in [0.4, 0.5) is 0 Å². The Balaban J connectivity index is 2.92. The average molecular weight is 228 g/mol. The molecule has 0 radical (unpaired) electrons. The molecule has 0 spiro atoms. The van der Waals surface area contributed by atoms with Crippen LogP contribution in [0.15, 0.2) is 18.2 Å². The molecule has 0 aliphatic heterocycles. The fraction of sp³-hybridized carbons (Fsp3) is 0.364. The molecular weight excluding hydrogens is 214 g/mol. The van der Waals surface area contributed by atoms with Gasteiger partial charge in [-0.1, -0.05) is 11.6 Å². The number of hydrogen-bond donors (Lipinski definition) is 0. The van der Waals surface area contributed by atoms with E-state index in [1.807, 2.05) is 0 Å². The van der Waals surface area contributed by atoms with E-state index in [2.05, 4.69) is 0 Å². The molecule has 1 amide bonds. The van der Waals surface area contributed by atoms with Crippen molar-refractivity contribution in [2.45, 2.75) is 6.42 Å². The lowest BCUT2D eigenvalue weighted by molar-refractivity contribution is -0.127. The predicted molar refractivity (Wildman–Crippen MR) is 60.4 cm³/mol. The van der Waals surface area contributed by atoms with Crippen LogP contribution in [-0.4, -0.2) is 32.0 Å². The fourth-order valence-corrected chi connectivity index (χ4v) is 1.40. The van der Waals surface area contributed by atoms with Crippen LogP contribution < -0.4 is 4.74 Å². The zero-order valence-electron chi connectivity index (χ0n) is 9.08. The third kappa shape index (κ3) is 3.13. The van der Waals surface area contributed by atoms with Crippen molar-refractivity contribution in [1.82, 2.24) is 4.90 Å². The molecule has 0 bridgehead atoms. The van der Waals surface area contributed by atoms with Crippen molar-refractivity contribution in [3.63, 3.8) is 0 Å². The summed E-state index contributed by atoms with van der Waals surface area (Å²) in [6.45, 7) is 0. The molecule has 0 unspecified atom stereocenters. The Labute approximate surface area is 94.6 Å².